The van der Waals surface area contributed by atoms with Gasteiger partial charge in [-0.05, 0) is 35.7 Å². The second kappa shape index (κ2) is 5.17. The van der Waals surface area contributed by atoms with Crippen LogP contribution in [0.25, 0.3) is 0 Å². The maximum atomic E-state index is 12.2. The van der Waals surface area contributed by atoms with Crippen molar-refractivity contribution in [2.45, 2.75) is 17.8 Å². The van der Waals surface area contributed by atoms with Crippen LogP contribution in [-0.4, -0.2) is 16.4 Å². The summed E-state index contributed by atoms with van der Waals surface area (Å²) in [7, 11) is 0. The Hall–Kier alpha value is -2.00. The van der Waals surface area contributed by atoms with E-state index < -0.39 is 0 Å². The first-order valence-electron chi connectivity index (χ1n) is 6.47. The largest absolute Gasteiger partial charge is 0.508 e. The SMILES string of the molecule is O=C(NC1c2ccccc2CC1Cl)c1cccc(O)c1. The number of nitrogens with one attached hydrogen (secondary N) is 1. The minimum absolute atomic E-state index is 0.0758. The zero-order valence-corrected chi connectivity index (χ0v) is 11.5. The third-order valence-electron chi connectivity index (χ3n) is 3.56. The number of benzene rings is 2. The lowest BCUT2D eigenvalue weighted by molar-refractivity contribution is 0.0937. The van der Waals surface area contributed by atoms with Gasteiger partial charge in [-0.3, -0.25) is 4.79 Å². The number of alkyl halides is 1. The smallest absolute Gasteiger partial charge is 0.251 e. The molecule has 2 aromatic carbocycles. The number of hydrogen-bond acceptors (Lipinski definition) is 2. The van der Waals surface area contributed by atoms with Crippen LogP contribution in [0.2, 0.25) is 0 Å². The van der Waals surface area contributed by atoms with Crippen LogP contribution in [0.3, 0.4) is 0 Å². The summed E-state index contributed by atoms with van der Waals surface area (Å²) >= 11 is 6.34. The highest BCUT2D eigenvalue weighted by molar-refractivity contribution is 6.21. The number of amides is 1. The first kappa shape index (κ1) is 13.0. The number of halogens is 1. The van der Waals surface area contributed by atoms with Crippen LogP contribution in [0.5, 0.6) is 5.75 Å². The fourth-order valence-corrected chi connectivity index (χ4v) is 2.95. The van der Waals surface area contributed by atoms with E-state index >= 15 is 0 Å². The Balaban J connectivity index is 1.83. The van der Waals surface area contributed by atoms with Gasteiger partial charge < -0.3 is 10.4 Å². The quantitative estimate of drug-likeness (QED) is 0.834. The van der Waals surface area contributed by atoms with Gasteiger partial charge in [0.1, 0.15) is 5.75 Å². The predicted molar refractivity (Wildman–Crippen MR) is 78.1 cm³/mol. The minimum Gasteiger partial charge on any atom is -0.508 e. The molecule has 0 fully saturated rings. The van der Waals surface area contributed by atoms with Crippen LogP contribution >= 0.6 is 11.6 Å². The van der Waals surface area contributed by atoms with E-state index in [-0.39, 0.29) is 23.1 Å². The number of aromatic hydroxyl groups is 1. The molecule has 1 aliphatic rings. The molecule has 0 saturated heterocycles. The number of phenolic OH excluding ortho intramolecular Hbond substituents is 1. The van der Waals surface area contributed by atoms with Crippen molar-refractivity contribution in [1.29, 1.82) is 0 Å². The van der Waals surface area contributed by atoms with Crippen molar-refractivity contribution in [1.82, 2.24) is 5.32 Å². The van der Waals surface area contributed by atoms with Crippen molar-refractivity contribution in [2.75, 3.05) is 0 Å². The molecule has 2 atom stereocenters. The molecule has 0 aliphatic heterocycles. The van der Waals surface area contributed by atoms with Crippen molar-refractivity contribution in [3.63, 3.8) is 0 Å². The van der Waals surface area contributed by atoms with Gasteiger partial charge in [0, 0.05) is 5.56 Å². The minimum atomic E-state index is -0.228. The van der Waals surface area contributed by atoms with E-state index in [1.165, 1.54) is 17.7 Å². The van der Waals surface area contributed by atoms with E-state index in [2.05, 4.69) is 5.32 Å². The molecule has 2 unspecified atom stereocenters. The molecular formula is C16H14ClNO2. The Morgan fingerprint density at radius 1 is 1.20 bits per heavy atom. The van der Waals surface area contributed by atoms with Gasteiger partial charge in [0.25, 0.3) is 5.91 Å². The van der Waals surface area contributed by atoms with Crippen LogP contribution < -0.4 is 5.32 Å². The van der Waals surface area contributed by atoms with Crippen LogP contribution in [0.1, 0.15) is 27.5 Å². The van der Waals surface area contributed by atoms with Crippen LogP contribution in [-0.2, 0) is 6.42 Å². The van der Waals surface area contributed by atoms with Crippen molar-refractivity contribution in [2.24, 2.45) is 0 Å². The standard InChI is InChI=1S/C16H14ClNO2/c17-14-9-10-4-1-2-7-13(10)15(14)18-16(20)11-5-3-6-12(19)8-11/h1-8,14-15,19H,9H2,(H,18,20). The van der Waals surface area contributed by atoms with E-state index in [1.807, 2.05) is 24.3 Å². The highest BCUT2D eigenvalue weighted by Gasteiger charge is 2.32. The van der Waals surface area contributed by atoms with E-state index in [1.54, 1.807) is 12.1 Å². The fourth-order valence-electron chi connectivity index (χ4n) is 2.59. The number of carbonyl (C=O) groups excluding carboxylic acids is 1. The molecular weight excluding hydrogens is 274 g/mol. The highest BCUT2D eigenvalue weighted by atomic mass is 35.5. The maximum Gasteiger partial charge on any atom is 0.251 e. The van der Waals surface area contributed by atoms with Gasteiger partial charge in [0.05, 0.1) is 11.4 Å². The van der Waals surface area contributed by atoms with Gasteiger partial charge in [-0.15, -0.1) is 11.6 Å². The monoisotopic (exact) mass is 287 g/mol. The molecule has 0 bridgehead atoms. The van der Waals surface area contributed by atoms with Crippen molar-refractivity contribution in [3.8, 4) is 5.75 Å². The van der Waals surface area contributed by atoms with Gasteiger partial charge >= 0.3 is 0 Å². The molecule has 3 nitrogen and oxygen atoms in total. The van der Waals surface area contributed by atoms with Crippen LogP contribution in [0.15, 0.2) is 48.5 Å². The van der Waals surface area contributed by atoms with Gasteiger partial charge in [-0.2, -0.15) is 0 Å². The molecule has 2 aromatic rings. The Bertz CT molecular complexity index is 656. The van der Waals surface area contributed by atoms with E-state index in [4.69, 9.17) is 11.6 Å². The van der Waals surface area contributed by atoms with Gasteiger partial charge in [-0.1, -0.05) is 30.3 Å². The Morgan fingerprint density at radius 2 is 2.00 bits per heavy atom. The molecule has 0 radical (unpaired) electrons. The van der Waals surface area contributed by atoms with Crippen molar-refractivity contribution >= 4 is 17.5 Å². The Labute approximate surface area is 122 Å². The molecule has 2 N–H and O–H groups in total. The average molecular weight is 288 g/mol. The Morgan fingerprint density at radius 3 is 2.80 bits per heavy atom. The van der Waals surface area contributed by atoms with E-state index in [0.29, 0.717) is 5.56 Å². The van der Waals surface area contributed by atoms with Crippen LogP contribution in [0, 0.1) is 0 Å². The summed E-state index contributed by atoms with van der Waals surface area (Å²) in [6.45, 7) is 0. The second-order valence-electron chi connectivity index (χ2n) is 4.92. The third kappa shape index (κ3) is 2.37. The normalized spacial score (nSPS) is 20.4. The van der Waals surface area contributed by atoms with Gasteiger partial charge in [0.2, 0.25) is 0 Å². The molecule has 0 heterocycles. The molecule has 102 valence electrons. The van der Waals surface area contributed by atoms with Gasteiger partial charge in [0.15, 0.2) is 0 Å². The molecule has 0 spiro atoms. The number of rotatable bonds is 2. The zero-order valence-electron chi connectivity index (χ0n) is 10.7. The van der Waals surface area contributed by atoms with Crippen LogP contribution in [0.4, 0.5) is 0 Å². The first-order chi connectivity index (χ1) is 9.65. The summed E-state index contributed by atoms with van der Waals surface area (Å²) in [5.74, 6) is -0.153. The topological polar surface area (TPSA) is 49.3 Å². The van der Waals surface area contributed by atoms with Crippen molar-refractivity contribution in [3.05, 3.63) is 65.2 Å². The lowest BCUT2D eigenvalue weighted by Gasteiger charge is -2.17. The summed E-state index contributed by atoms with van der Waals surface area (Å²) in [5.41, 5.74) is 2.67. The predicted octanol–water partition coefficient (Wildman–Crippen LogP) is 3.03. The highest BCUT2D eigenvalue weighted by Crippen LogP contribution is 2.34. The molecule has 3 rings (SSSR count). The van der Waals surface area contributed by atoms with E-state index in [9.17, 15) is 9.90 Å². The first-order valence-corrected chi connectivity index (χ1v) is 6.90. The summed E-state index contributed by atoms with van der Waals surface area (Å²) in [6.07, 6.45) is 0.753. The maximum absolute atomic E-state index is 12.2. The summed E-state index contributed by atoms with van der Waals surface area (Å²) in [6, 6.07) is 14.0. The fraction of sp³-hybridized carbons (Fsp3) is 0.188. The average Bonchev–Trinajstić information content (AvgIpc) is 2.75. The number of hydrogen-bond donors (Lipinski definition) is 2. The number of fused-ring (bicyclic) bond motifs is 1. The molecule has 1 aliphatic carbocycles. The van der Waals surface area contributed by atoms with Gasteiger partial charge in [-0.25, -0.2) is 0 Å². The molecule has 0 saturated carbocycles. The third-order valence-corrected chi connectivity index (χ3v) is 3.97. The molecule has 4 heteroatoms. The lowest BCUT2D eigenvalue weighted by atomic mass is 10.1. The second-order valence-corrected chi connectivity index (χ2v) is 5.48. The Kier molecular flexibility index (Phi) is 3.36. The van der Waals surface area contributed by atoms with E-state index in [0.717, 1.165) is 12.0 Å². The van der Waals surface area contributed by atoms with Crippen molar-refractivity contribution < 1.29 is 9.90 Å². The number of carbonyl (C=O) groups is 1. The molecule has 0 aromatic heterocycles. The number of phenols is 1. The molecule has 1 amide bonds. The zero-order chi connectivity index (χ0) is 14.1. The molecule has 20 heavy (non-hydrogen) atoms. The summed E-state index contributed by atoms with van der Waals surface area (Å²) < 4.78 is 0. The summed E-state index contributed by atoms with van der Waals surface area (Å²) in [4.78, 5) is 12.2. The lowest BCUT2D eigenvalue weighted by Crippen LogP contribution is -2.31. The summed E-state index contributed by atoms with van der Waals surface area (Å²) in [5, 5.41) is 12.2.